The van der Waals surface area contributed by atoms with Gasteiger partial charge in [0.15, 0.2) is 0 Å². The van der Waals surface area contributed by atoms with Gasteiger partial charge in [-0.05, 0) is 18.4 Å². The van der Waals surface area contributed by atoms with E-state index in [1.54, 1.807) is 0 Å². The molecule has 154 valence electrons. The van der Waals surface area contributed by atoms with Crippen molar-refractivity contribution in [1.29, 1.82) is 0 Å². The highest BCUT2D eigenvalue weighted by Crippen LogP contribution is 2.12. The van der Waals surface area contributed by atoms with Crippen LogP contribution in [-0.2, 0) is 11.3 Å². The molecule has 0 radical (unpaired) electrons. The van der Waals surface area contributed by atoms with Crippen molar-refractivity contribution in [2.24, 2.45) is 0 Å². The Balaban J connectivity index is 1.83. The van der Waals surface area contributed by atoms with Crippen molar-refractivity contribution >= 4 is 0 Å². The van der Waals surface area contributed by atoms with Crippen molar-refractivity contribution in [2.45, 2.75) is 103 Å². The summed E-state index contributed by atoms with van der Waals surface area (Å²) in [5, 5.41) is 9.96. The average molecular weight is 375 g/mol. The number of aliphatic hydroxyl groups is 1. The van der Waals surface area contributed by atoms with Gasteiger partial charge in [0, 0.05) is 13.0 Å². The quantitative estimate of drug-likeness (QED) is 0.217. The van der Waals surface area contributed by atoms with Crippen LogP contribution in [0.1, 0.15) is 96.0 Å². The molecule has 0 aliphatic heterocycles. The number of rotatable bonds is 18. The number of ether oxygens (including phenoxy) is 1. The molecule has 1 aromatic carbocycles. The van der Waals surface area contributed by atoms with E-state index >= 15 is 0 Å². The maximum absolute atomic E-state index is 9.96. The highest BCUT2D eigenvalue weighted by molar-refractivity contribution is 5.13. The van der Waals surface area contributed by atoms with Crippen LogP contribution in [0.3, 0.4) is 0 Å². The molecule has 0 amide bonds. The molecule has 1 aromatic rings. The third kappa shape index (κ3) is 15.6. The van der Waals surface area contributed by atoms with E-state index in [1.807, 2.05) is 24.3 Å². The monoisotopic (exact) mass is 374 g/mol. The number of unbranched alkanes of at least 4 members (excludes halogenated alkanes) is 11. The summed E-state index contributed by atoms with van der Waals surface area (Å²) >= 11 is 0. The van der Waals surface area contributed by atoms with Crippen LogP contribution in [0, 0.1) is 0 Å². The SMILES string of the molecule is CCCCCCCCCCCCCC=CC(O)CCOCc1ccccc1. The molecule has 0 saturated carbocycles. The zero-order valence-electron chi connectivity index (χ0n) is 17.6. The van der Waals surface area contributed by atoms with Gasteiger partial charge in [-0.2, -0.15) is 0 Å². The van der Waals surface area contributed by atoms with E-state index in [0.29, 0.717) is 19.6 Å². The topological polar surface area (TPSA) is 29.5 Å². The van der Waals surface area contributed by atoms with Crippen molar-refractivity contribution in [3.63, 3.8) is 0 Å². The Morgan fingerprint density at radius 3 is 2.07 bits per heavy atom. The second-order valence-corrected chi connectivity index (χ2v) is 7.65. The molecule has 0 heterocycles. The summed E-state index contributed by atoms with van der Waals surface area (Å²) in [5.74, 6) is 0. The summed E-state index contributed by atoms with van der Waals surface area (Å²) in [4.78, 5) is 0. The third-order valence-electron chi connectivity index (χ3n) is 5.00. The second-order valence-electron chi connectivity index (χ2n) is 7.65. The normalized spacial score (nSPS) is 12.7. The van der Waals surface area contributed by atoms with E-state index in [2.05, 4.69) is 25.1 Å². The number of aliphatic hydroxyl groups excluding tert-OH is 1. The lowest BCUT2D eigenvalue weighted by Gasteiger charge is -2.07. The molecule has 0 bridgehead atoms. The Morgan fingerprint density at radius 2 is 1.44 bits per heavy atom. The van der Waals surface area contributed by atoms with Crippen LogP contribution in [0.25, 0.3) is 0 Å². The second kappa shape index (κ2) is 18.3. The van der Waals surface area contributed by atoms with Crippen LogP contribution in [0.2, 0.25) is 0 Å². The van der Waals surface area contributed by atoms with Gasteiger partial charge in [-0.1, -0.05) is 114 Å². The lowest BCUT2D eigenvalue weighted by atomic mass is 10.1. The predicted molar refractivity (Wildman–Crippen MR) is 117 cm³/mol. The molecule has 0 spiro atoms. The van der Waals surface area contributed by atoms with Gasteiger partial charge < -0.3 is 9.84 Å². The van der Waals surface area contributed by atoms with Gasteiger partial charge in [0.2, 0.25) is 0 Å². The molecule has 1 unspecified atom stereocenters. The van der Waals surface area contributed by atoms with Gasteiger partial charge in [0.1, 0.15) is 0 Å². The van der Waals surface area contributed by atoms with Crippen LogP contribution < -0.4 is 0 Å². The van der Waals surface area contributed by atoms with Crippen molar-refractivity contribution in [3.8, 4) is 0 Å². The third-order valence-corrected chi connectivity index (χ3v) is 5.00. The fourth-order valence-electron chi connectivity index (χ4n) is 3.24. The molecule has 2 nitrogen and oxygen atoms in total. The first-order valence-electron chi connectivity index (χ1n) is 11.3. The lowest BCUT2D eigenvalue weighted by Crippen LogP contribution is -2.07. The van der Waals surface area contributed by atoms with E-state index in [9.17, 15) is 5.11 Å². The molecule has 0 aliphatic rings. The molecule has 0 aromatic heterocycles. The van der Waals surface area contributed by atoms with E-state index in [1.165, 1.54) is 76.2 Å². The van der Waals surface area contributed by atoms with Gasteiger partial charge >= 0.3 is 0 Å². The van der Waals surface area contributed by atoms with E-state index in [4.69, 9.17) is 4.74 Å². The summed E-state index contributed by atoms with van der Waals surface area (Å²) in [7, 11) is 0. The Labute approximate surface area is 168 Å². The van der Waals surface area contributed by atoms with E-state index in [0.717, 1.165) is 6.42 Å². The fraction of sp³-hybridized carbons (Fsp3) is 0.680. The average Bonchev–Trinajstić information content (AvgIpc) is 2.69. The standard InChI is InChI=1S/C25H42O2/c1-2-3-4-5-6-7-8-9-10-11-12-13-17-20-25(26)21-22-27-23-24-18-15-14-16-19-24/h14-20,25-26H,2-13,21-23H2,1H3. The van der Waals surface area contributed by atoms with E-state index in [-0.39, 0.29) is 6.10 Å². The summed E-state index contributed by atoms with van der Waals surface area (Å²) in [6.45, 7) is 3.49. The van der Waals surface area contributed by atoms with Gasteiger partial charge in [-0.25, -0.2) is 0 Å². The molecule has 0 aliphatic carbocycles. The lowest BCUT2D eigenvalue weighted by molar-refractivity contribution is 0.0882. The first-order valence-corrected chi connectivity index (χ1v) is 11.3. The van der Waals surface area contributed by atoms with Crippen LogP contribution in [0.5, 0.6) is 0 Å². The number of hydrogen-bond donors (Lipinski definition) is 1. The van der Waals surface area contributed by atoms with Gasteiger partial charge in [0.05, 0.1) is 12.7 Å². The van der Waals surface area contributed by atoms with Crippen LogP contribution in [-0.4, -0.2) is 17.8 Å². The molecule has 27 heavy (non-hydrogen) atoms. The van der Waals surface area contributed by atoms with Crippen LogP contribution in [0.15, 0.2) is 42.5 Å². The highest BCUT2D eigenvalue weighted by atomic mass is 16.5. The molecule has 1 N–H and O–H groups in total. The molecule has 2 heteroatoms. The van der Waals surface area contributed by atoms with Crippen molar-refractivity contribution in [2.75, 3.05) is 6.61 Å². The summed E-state index contributed by atoms with van der Waals surface area (Å²) in [6.07, 6.45) is 20.6. The van der Waals surface area contributed by atoms with Crippen molar-refractivity contribution < 1.29 is 9.84 Å². The largest absolute Gasteiger partial charge is 0.389 e. The highest BCUT2D eigenvalue weighted by Gasteiger charge is 1.99. The molecular weight excluding hydrogens is 332 g/mol. The zero-order chi connectivity index (χ0) is 19.4. The Hall–Kier alpha value is -1.12. The Morgan fingerprint density at radius 1 is 0.852 bits per heavy atom. The van der Waals surface area contributed by atoms with Crippen LogP contribution in [0.4, 0.5) is 0 Å². The molecule has 0 saturated heterocycles. The molecule has 1 atom stereocenters. The van der Waals surface area contributed by atoms with E-state index < -0.39 is 0 Å². The molecule has 0 fully saturated rings. The number of allylic oxidation sites excluding steroid dienone is 1. The predicted octanol–water partition coefficient (Wildman–Crippen LogP) is 7.21. The maximum atomic E-state index is 9.96. The molecule has 1 rings (SSSR count). The first-order chi connectivity index (χ1) is 13.3. The minimum absolute atomic E-state index is 0.381. The maximum Gasteiger partial charge on any atom is 0.0742 e. The van der Waals surface area contributed by atoms with Crippen molar-refractivity contribution in [1.82, 2.24) is 0 Å². The van der Waals surface area contributed by atoms with Crippen molar-refractivity contribution in [3.05, 3.63) is 48.0 Å². The first kappa shape index (κ1) is 23.9. The Kier molecular flexibility index (Phi) is 16.2. The summed E-state index contributed by atoms with van der Waals surface area (Å²) in [6, 6.07) is 10.2. The number of hydrogen-bond acceptors (Lipinski definition) is 2. The summed E-state index contributed by atoms with van der Waals surface area (Å²) in [5.41, 5.74) is 1.18. The Bertz CT molecular complexity index is 441. The van der Waals surface area contributed by atoms with Gasteiger partial charge in [-0.3, -0.25) is 0 Å². The van der Waals surface area contributed by atoms with Gasteiger partial charge in [0.25, 0.3) is 0 Å². The van der Waals surface area contributed by atoms with Crippen LogP contribution >= 0.6 is 0 Å². The minimum Gasteiger partial charge on any atom is -0.389 e. The molecular formula is C25H42O2. The smallest absolute Gasteiger partial charge is 0.0742 e. The fourth-order valence-corrected chi connectivity index (χ4v) is 3.24. The zero-order valence-corrected chi connectivity index (χ0v) is 17.6. The minimum atomic E-state index is -0.381. The summed E-state index contributed by atoms with van der Waals surface area (Å²) < 4.78 is 5.62. The van der Waals surface area contributed by atoms with Gasteiger partial charge in [-0.15, -0.1) is 0 Å². The number of benzene rings is 1.